The molecule has 0 aliphatic carbocycles. The molecule has 0 saturated carbocycles. The molecule has 1 atom stereocenters. The lowest BCUT2D eigenvalue weighted by Gasteiger charge is -2.21. The molecule has 5 heteroatoms. The van der Waals surface area contributed by atoms with E-state index in [9.17, 15) is 4.79 Å². The molecule has 0 spiro atoms. The summed E-state index contributed by atoms with van der Waals surface area (Å²) in [6, 6.07) is -0.0858. The third kappa shape index (κ3) is 7.82. The number of nitrogens with one attached hydrogen (secondary N) is 2. The number of carbonyl (C=O) groups is 1. The van der Waals surface area contributed by atoms with E-state index in [0.717, 1.165) is 0 Å². The van der Waals surface area contributed by atoms with Crippen molar-refractivity contribution in [1.29, 1.82) is 0 Å². The lowest BCUT2D eigenvalue weighted by atomic mass is 10.2. The molecule has 0 aromatic heterocycles. The van der Waals surface area contributed by atoms with Gasteiger partial charge in [-0.05, 0) is 27.7 Å². The van der Waals surface area contributed by atoms with Crippen LogP contribution in [0.25, 0.3) is 0 Å². The second-order valence-electron chi connectivity index (χ2n) is 4.06. The maximum absolute atomic E-state index is 11.2. The van der Waals surface area contributed by atoms with Gasteiger partial charge >= 0.3 is 6.09 Å². The Hall–Kier alpha value is -0.810. The topological polar surface area (TPSA) is 59.6 Å². The number of hydrogen-bond donors (Lipinski definition) is 2. The number of carbonyl (C=O) groups excluding carboxylic acids is 1. The van der Waals surface area contributed by atoms with Crippen LogP contribution >= 0.6 is 0 Å². The predicted octanol–water partition coefficient (Wildman–Crippen LogP) is 1.05. The van der Waals surface area contributed by atoms with Gasteiger partial charge in [0, 0.05) is 7.05 Å². The molecule has 0 heterocycles. The zero-order valence-electron chi connectivity index (χ0n) is 9.51. The van der Waals surface area contributed by atoms with E-state index >= 15 is 0 Å². The number of rotatable bonds is 4. The number of amides is 1. The van der Waals surface area contributed by atoms with Crippen LogP contribution in [0.2, 0.25) is 0 Å². The van der Waals surface area contributed by atoms with Crippen LogP contribution in [0.1, 0.15) is 27.7 Å². The van der Waals surface area contributed by atoms with Gasteiger partial charge in [-0.15, -0.1) is 0 Å². The Balaban J connectivity index is 3.71. The number of hydrogen-bond acceptors (Lipinski definition) is 4. The smallest absolute Gasteiger partial charge is 0.407 e. The van der Waals surface area contributed by atoms with E-state index in [1.807, 2.05) is 27.7 Å². The number of ether oxygens (including phenoxy) is 1. The molecule has 84 valence electrons. The van der Waals surface area contributed by atoms with E-state index in [1.54, 1.807) is 7.05 Å². The predicted molar refractivity (Wildman–Crippen MR) is 53.8 cm³/mol. The van der Waals surface area contributed by atoms with Gasteiger partial charge in [-0.2, -0.15) is 0 Å². The Morgan fingerprint density at radius 3 is 2.43 bits per heavy atom. The molecule has 5 nitrogen and oxygen atoms in total. The molecule has 2 N–H and O–H groups in total. The monoisotopic (exact) mass is 204 g/mol. The zero-order chi connectivity index (χ0) is 11.2. The Kier molecular flexibility index (Phi) is 5.49. The van der Waals surface area contributed by atoms with Crippen molar-refractivity contribution in [2.75, 3.05) is 13.7 Å². The van der Waals surface area contributed by atoms with Crippen molar-refractivity contribution in [3.63, 3.8) is 0 Å². The minimum atomic E-state index is -0.465. The molecule has 0 aliphatic heterocycles. The number of hydroxylamine groups is 1. The fourth-order valence-corrected chi connectivity index (χ4v) is 0.759. The standard InChI is InChI=1S/C9H20N2O3/c1-7(6-13-10-5)11-8(12)14-9(2,3)4/h7,10H,6H2,1-5H3,(H,11,12). The van der Waals surface area contributed by atoms with Crippen molar-refractivity contribution in [2.45, 2.75) is 39.3 Å². The highest BCUT2D eigenvalue weighted by Gasteiger charge is 2.17. The van der Waals surface area contributed by atoms with Gasteiger partial charge in [0.1, 0.15) is 5.60 Å². The van der Waals surface area contributed by atoms with Crippen molar-refractivity contribution in [3.8, 4) is 0 Å². The molecule has 0 bridgehead atoms. The average Bonchev–Trinajstić information content (AvgIpc) is 1.96. The van der Waals surface area contributed by atoms with Crippen LogP contribution < -0.4 is 10.8 Å². The first kappa shape index (κ1) is 13.2. The highest BCUT2D eigenvalue weighted by molar-refractivity contribution is 5.68. The van der Waals surface area contributed by atoms with Crippen LogP contribution in [-0.2, 0) is 9.57 Å². The lowest BCUT2D eigenvalue weighted by Crippen LogP contribution is -2.40. The minimum Gasteiger partial charge on any atom is -0.444 e. The van der Waals surface area contributed by atoms with E-state index in [4.69, 9.17) is 9.57 Å². The highest BCUT2D eigenvalue weighted by atomic mass is 16.6. The third-order valence-electron chi connectivity index (χ3n) is 1.24. The van der Waals surface area contributed by atoms with Gasteiger partial charge in [0.15, 0.2) is 0 Å². The summed E-state index contributed by atoms with van der Waals surface area (Å²) in [4.78, 5) is 16.1. The second-order valence-corrected chi connectivity index (χ2v) is 4.06. The molecule has 0 fully saturated rings. The van der Waals surface area contributed by atoms with Crippen LogP contribution in [0.4, 0.5) is 4.79 Å². The molecule has 14 heavy (non-hydrogen) atoms. The lowest BCUT2D eigenvalue weighted by molar-refractivity contribution is 0.0293. The molecule has 1 unspecified atom stereocenters. The van der Waals surface area contributed by atoms with Crippen molar-refractivity contribution in [3.05, 3.63) is 0 Å². The molecule has 0 aliphatic rings. The normalized spacial score (nSPS) is 13.5. The molecule has 0 aromatic carbocycles. The Morgan fingerprint density at radius 1 is 1.43 bits per heavy atom. The first-order valence-corrected chi connectivity index (χ1v) is 4.63. The van der Waals surface area contributed by atoms with Crippen LogP contribution in [-0.4, -0.2) is 31.4 Å². The van der Waals surface area contributed by atoms with Crippen LogP contribution in [0.15, 0.2) is 0 Å². The largest absolute Gasteiger partial charge is 0.444 e. The molecule has 0 aromatic rings. The average molecular weight is 204 g/mol. The van der Waals surface area contributed by atoms with E-state index in [-0.39, 0.29) is 6.04 Å². The summed E-state index contributed by atoms with van der Waals surface area (Å²) < 4.78 is 5.06. The molecular weight excluding hydrogens is 184 g/mol. The fourth-order valence-electron chi connectivity index (χ4n) is 0.759. The maximum atomic E-state index is 11.2. The van der Waals surface area contributed by atoms with E-state index in [1.165, 1.54) is 0 Å². The molecule has 1 amide bonds. The Morgan fingerprint density at radius 2 is 2.00 bits per heavy atom. The summed E-state index contributed by atoms with van der Waals surface area (Å²) in [5, 5.41) is 2.65. The molecule has 0 radical (unpaired) electrons. The third-order valence-corrected chi connectivity index (χ3v) is 1.24. The summed E-state index contributed by atoms with van der Waals surface area (Å²) in [6.45, 7) is 7.70. The number of alkyl carbamates (subject to hydrolysis) is 1. The van der Waals surface area contributed by atoms with E-state index in [0.29, 0.717) is 6.61 Å². The molecular formula is C9H20N2O3. The van der Waals surface area contributed by atoms with E-state index in [2.05, 4.69) is 10.8 Å². The Labute approximate surface area is 85.1 Å². The van der Waals surface area contributed by atoms with Crippen LogP contribution in [0.5, 0.6) is 0 Å². The van der Waals surface area contributed by atoms with Gasteiger partial charge in [-0.25, -0.2) is 10.3 Å². The SMILES string of the molecule is CNOCC(C)NC(=O)OC(C)(C)C. The van der Waals surface area contributed by atoms with Gasteiger partial charge < -0.3 is 10.1 Å². The van der Waals surface area contributed by atoms with Crippen molar-refractivity contribution < 1.29 is 14.4 Å². The first-order valence-electron chi connectivity index (χ1n) is 4.63. The minimum absolute atomic E-state index is 0.0858. The van der Waals surface area contributed by atoms with E-state index < -0.39 is 11.7 Å². The quantitative estimate of drug-likeness (QED) is 0.672. The Bertz CT molecular complexity index is 177. The van der Waals surface area contributed by atoms with Crippen molar-refractivity contribution in [2.24, 2.45) is 0 Å². The van der Waals surface area contributed by atoms with Crippen LogP contribution in [0.3, 0.4) is 0 Å². The fraction of sp³-hybridized carbons (Fsp3) is 0.889. The summed E-state index contributed by atoms with van der Waals surface area (Å²) in [5.41, 5.74) is 2.06. The van der Waals surface area contributed by atoms with Crippen LogP contribution in [0, 0.1) is 0 Å². The van der Waals surface area contributed by atoms with Gasteiger partial charge in [0.05, 0.1) is 12.6 Å². The maximum Gasteiger partial charge on any atom is 0.407 e. The first-order chi connectivity index (χ1) is 6.35. The second kappa shape index (κ2) is 5.82. The van der Waals surface area contributed by atoms with Crippen molar-refractivity contribution >= 4 is 6.09 Å². The van der Waals surface area contributed by atoms with Gasteiger partial charge in [0.2, 0.25) is 0 Å². The molecule has 0 rings (SSSR count). The molecule has 0 saturated heterocycles. The summed E-state index contributed by atoms with van der Waals surface area (Å²) >= 11 is 0. The highest BCUT2D eigenvalue weighted by Crippen LogP contribution is 2.06. The van der Waals surface area contributed by atoms with Gasteiger partial charge in [-0.1, -0.05) is 0 Å². The summed E-state index contributed by atoms with van der Waals surface area (Å²) in [5.74, 6) is 0. The zero-order valence-corrected chi connectivity index (χ0v) is 9.51. The van der Waals surface area contributed by atoms with Gasteiger partial charge in [-0.3, -0.25) is 4.84 Å². The summed E-state index contributed by atoms with van der Waals surface area (Å²) in [7, 11) is 1.67. The summed E-state index contributed by atoms with van der Waals surface area (Å²) in [6.07, 6.45) is -0.426. The van der Waals surface area contributed by atoms with Gasteiger partial charge in [0.25, 0.3) is 0 Å². The van der Waals surface area contributed by atoms with Crippen molar-refractivity contribution in [1.82, 2.24) is 10.8 Å².